The van der Waals surface area contributed by atoms with Crippen LogP contribution in [0.2, 0.25) is 4.34 Å². The first-order valence-corrected chi connectivity index (χ1v) is 6.22. The summed E-state index contributed by atoms with van der Waals surface area (Å²) in [6.07, 6.45) is 1.34. The monoisotopic (exact) mass is 279 g/mol. The number of fused-ring (bicyclic) bond motifs is 1. The molecule has 0 spiro atoms. The van der Waals surface area contributed by atoms with Gasteiger partial charge in [-0.1, -0.05) is 11.6 Å². The second-order valence-electron chi connectivity index (χ2n) is 3.48. The molecule has 0 fully saturated rings. The third-order valence-electron chi connectivity index (χ3n) is 2.29. The molecule has 0 aliphatic carbocycles. The van der Waals surface area contributed by atoms with Gasteiger partial charge in [-0.25, -0.2) is 9.78 Å². The highest BCUT2D eigenvalue weighted by atomic mass is 35.5. The van der Waals surface area contributed by atoms with E-state index in [2.05, 4.69) is 4.98 Å². The molecule has 1 aromatic carbocycles. The number of carbonyl (C=O) groups excluding carboxylic acids is 1. The van der Waals surface area contributed by atoms with Crippen LogP contribution in [0.3, 0.4) is 0 Å². The molecule has 4 nitrogen and oxygen atoms in total. The van der Waals surface area contributed by atoms with Crippen LogP contribution >= 0.6 is 22.9 Å². The van der Waals surface area contributed by atoms with Gasteiger partial charge in [-0.15, -0.1) is 11.3 Å². The molecule has 3 aromatic rings. The quantitative estimate of drug-likeness (QED) is 0.529. The lowest BCUT2D eigenvalue weighted by atomic mass is 10.3. The lowest BCUT2D eigenvalue weighted by Crippen LogP contribution is -2.05. The number of thiophene rings is 1. The van der Waals surface area contributed by atoms with Crippen molar-refractivity contribution in [3.63, 3.8) is 0 Å². The Labute approximate surface area is 111 Å². The zero-order valence-corrected chi connectivity index (χ0v) is 10.5. The second kappa shape index (κ2) is 4.44. The van der Waals surface area contributed by atoms with Crippen LogP contribution in [0.25, 0.3) is 11.1 Å². The molecule has 3 rings (SSSR count). The number of nitrogens with zero attached hydrogens (tertiary/aromatic N) is 1. The Kier molecular flexibility index (Phi) is 2.77. The third-order valence-corrected chi connectivity index (χ3v) is 3.50. The molecule has 0 bridgehead atoms. The second-order valence-corrected chi connectivity index (χ2v) is 5.19. The van der Waals surface area contributed by atoms with E-state index in [9.17, 15) is 4.79 Å². The Balaban J connectivity index is 1.85. The highest BCUT2D eigenvalue weighted by Crippen LogP contribution is 2.24. The first-order valence-electron chi connectivity index (χ1n) is 5.03. The van der Waals surface area contributed by atoms with Gasteiger partial charge < -0.3 is 9.15 Å². The van der Waals surface area contributed by atoms with Gasteiger partial charge in [-0.3, -0.25) is 0 Å². The van der Waals surface area contributed by atoms with Crippen molar-refractivity contribution in [1.29, 1.82) is 0 Å². The summed E-state index contributed by atoms with van der Waals surface area (Å²) < 4.78 is 10.9. The van der Waals surface area contributed by atoms with Crippen LogP contribution in [0.15, 0.2) is 41.1 Å². The van der Waals surface area contributed by atoms with Gasteiger partial charge >= 0.3 is 5.97 Å². The molecule has 2 heterocycles. The average molecular weight is 280 g/mol. The maximum absolute atomic E-state index is 11.8. The predicted molar refractivity (Wildman–Crippen MR) is 68.3 cm³/mol. The summed E-state index contributed by atoms with van der Waals surface area (Å²) in [5.74, 6) is -0.0133. The molecule has 0 N–H and O–H groups in total. The number of halogens is 1. The highest BCUT2D eigenvalue weighted by molar-refractivity contribution is 7.17. The number of hydrogen-bond acceptors (Lipinski definition) is 5. The minimum Gasteiger partial charge on any atom is -0.443 e. The van der Waals surface area contributed by atoms with Crippen molar-refractivity contribution in [3.05, 3.63) is 45.9 Å². The fraction of sp³-hybridized carbons (Fsp3) is 0. The molecule has 18 heavy (non-hydrogen) atoms. The molecule has 0 amide bonds. The van der Waals surface area contributed by atoms with Gasteiger partial charge in [0.25, 0.3) is 0 Å². The minimum absolute atomic E-state index is 0.422. The van der Waals surface area contributed by atoms with Gasteiger partial charge in [-0.2, -0.15) is 0 Å². The first-order chi connectivity index (χ1) is 8.72. The van der Waals surface area contributed by atoms with Crippen molar-refractivity contribution in [2.24, 2.45) is 0 Å². The predicted octanol–water partition coefficient (Wildman–Crippen LogP) is 3.76. The number of hydrogen-bond donors (Lipinski definition) is 0. The zero-order chi connectivity index (χ0) is 12.5. The van der Waals surface area contributed by atoms with E-state index in [-0.39, 0.29) is 0 Å². The summed E-state index contributed by atoms with van der Waals surface area (Å²) in [5.41, 5.74) is 1.29. The van der Waals surface area contributed by atoms with Crippen molar-refractivity contribution in [3.8, 4) is 5.75 Å². The summed E-state index contributed by atoms with van der Waals surface area (Å²) in [6.45, 7) is 0. The lowest BCUT2D eigenvalue weighted by Gasteiger charge is -2.01. The zero-order valence-electron chi connectivity index (χ0n) is 8.92. The van der Waals surface area contributed by atoms with Crippen molar-refractivity contribution < 1.29 is 13.9 Å². The molecule has 90 valence electrons. The molecule has 0 atom stereocenters. The Morgan fingerprint density at radius 2 is 2.22 bits per heavy atom. The molecule has 2 aromatic heterocycles. The van der Waals surface area contributed by atoms with Gasteiger partial charge in [0.15, 0.2) is 12.0 Å². The summed E-state index contributed by atoms with van der Waals surface area (Å²) in [6, 6.07) is 8.28. The van der Waals surface area contributed by atoms with Crippen LogP contribution in [0, 0.1) is 0 Å². The van der Waals surface area contributed by atoms with Crippen LogP contribution in [0.1, 0.15) is 9.67 Å². The topological polar surface area (TPSA) is 52.3 Å². The number of ether oxygens (including phenoxy) is 1. The molecule has 0 aliphatic heterocycles. The van der Waals surface area contributed by atoms with Crippen LogP contribution in [-0.2, 0) is 0 Å². The largest absolute Gasteiger partial charge is 0.443 e. The maximum Gasteiger partial charge on any atom is 0.353 e. The number of benzene rings is 1. The van der Waals surface area contributed by atoms with Crippen LogP contribution in [0.5, 0.6) is 5.75 Å². The maximum atomic E-state index is 11.8. The fourth-order valence-corrected chi connectivity index (χ4v) is 2.40. The lowest BCUT2D eigenvalue weighted by molar-refractivity contribution is 0.0740. The third kappa shape index (κ3) is 2.10. The number of esters is 1. The highest BCUT2D eigenvalue weighted by Gasteiger charge is 2.12. The van der Waals surface area contributed by atoms with E-state index in [1.54, 1.807) is 30.3 Å². The van der Waals surface area contributed by atoms with E-state index in [4.69, 9.17) is 20.8 Å². The van der Waals surface area contributed by atoms with Crippen LogP contribution in [-0.4, -0.2) is 11.0 Å². The van der Waals surface area contributed by atoms with E-state index in [1.165, 1.54) is 17.7 Å². The van der Waals surface area contributed by atoms with Crippen molar-refractivity contribution in [2.75, 3.05) is 0 Å². The van der Waals surface area contributed by atoms with E-state index < -0.39 is 5.97 Å². The first kappa shape index (κ1) is 11.3. The van der Waals surface area contributed by atoms with E-state index in [0.29, 0.717) is 26.1 Å². The van der Waals surface area contributed by atoms with Gasteiger partial charge in [0, 0.05) is 6.07 Å². The number of aromatic nitrogens is 1. The molecule has 0 saturated carbocycles. The molecule has 0 radical (unpaired) electrons. The standard InChI is InChI=1S/C12H6ClNO3S/c13-11-4-3-10(18-11)12(15)17-7-1-2-9-8(5-7)14-6-16-9/h1-6H. The van der Waals surface area contributed by atoms with Gasteiger partial charge in [0.2, 0.25) is 0 Å². The van der Waals surface area contributed by atoms with Crippen molar-refractivity contribution in [1.82, 2.24) is 4.98 Å². The number of carbonyl (C=O) groups is 1. The number of oxazole rings is 1. The Hall–Kier alpha value is -1.85. The normalized spacial score (nSPS) is 10.7. The SMILES string of the molecule is O=C(Oc1ccc2ocnc2c1)c1ccc(Cl)s1. The minimum atomic E-state index is -0.435. The Morgan fingerprint density at radius 1 is 1.33 bits per heavy atom. The van der Waals surface area contributed by atoms with Gasteiger partial charge in [0.05, 0.1) is 4.34 Å². The summed E-state index contributed by atoms with van der Waals surface area (Å²) in [7, 11) is 0. The number of rotatable bonds is 2. The van der Waals surface area contributed by atoms with Crippen LogP contribution in [0.4, 0.5) is 0 Å². The molecular weight excluding hydrogens is 274 g/mol. The smallest absolute Gasteiger partial charge is 0.353 e. The van der Waals surface area contributed by atoms with Crippen LogP contribution < -0.4 is 4.74 Å². The van der Waals surface area contributed by atoms with Gasteiger partial charge in [0.1, 0.15) is 16.1 Å². The summed E-state index contributed by atoms with van der Waals surface area (Å²) in [5, 5.41) is 0. The average Bonchev–Trinajstić information content (AvgIpc) is 2.96. The molecule has 0 unspecified atom stereocenters. The summed E-state index contributed by atoms with van der Waals surface area (Å²) >= 11 is 6.94. The summed E-state index contributed by atoms with van der Waals surface area (Å²) in [4.78, 5) is 16.2. The van der Waals surface area contributed by atoms with Gasteiger partial charge in [-0.05, 0) is 24.3 Å². The van der Waals surface area contributed by atoms with E-state index in [1.807, 2.05) is 0 Å². The van der Waals surface area contributed by atoms with Crippen molar-refractivity contribution in [2.45, 2.75) is 0 Å². The molecule has 0 saturated heterocycles. The Bertz CT molecular complexity index is 719. The Morgan fingerprint density at radius 3 is 3.00 bits per heavy atom. The van der Waals surface area contributed by atoms with E-state index in [0.717, 1.165) is 0 Å². The van der Waals surface area contributed by atoms with E-state index >= 15 is 0 Å². The molecule has 6 heteroatoms. The molecule has 0 aliphatic rings. The molecular formula is C12H6ClNO3S. The van der Waals surface area contributed by atoms with Crippen molar-refractivity contribution >= 4 is 40.0 Å². The fourth-order valence-electron chi connectivity index (χ4n) is 1.48.